The number of nitrogens with one attached hydrogen (secondary N) is 1. The molecule has 3 atom stereocenters. The van der Waals surface area contributed by atoms with E-state index in [-0.39, 0.29) is 0 Å². The van der Waals surface area contributed by atoms with Crippen LogP contribution < -0.4 is 5.32 Å². The summed E-state index contributed by atoms with van der Waals surface area (Å²) >= 11 is 0. The van der Waals surface area contributed by atoms with Crippen molar-refractivity contribution in [2.24, 2.45) is 5.92 Å². The Morgan fingerprint density at radius 1 is 1.29 bits per heavy atom. The van der Waals surface area contributed by atoms with Crippen molar-refractivity contribution in [3.63, 3.8) is 0 Å². The average Bonchev–Trinajstić information content (AvgIpc) is 2.97. The lowest BCUT2D eigenvalue weighted by Crippen LogP contribution is -2.30. The molecular formula is C15H19NO. The van der Waals surface area contributed by atoms with Gasteiger partial charge >= 0.3 is 0 Å². The van der Waals surface area contributed by atoms with Crippen LogP contribution in [0.5, 0.6) is 0 Å². The summed E-state index contributed by atoms with van der Waals surface area (Å²) in [6.07, 6.45) is 4.58. The summed E-state index contributed by atoms with van der Waals surface area (Å²) in [5, 5.41) is 3.41. The van der Waals surface area contributed by atoms with Gasteiger partial charge in [-0.05, 0) is 36.9 Å². The van der Waals surface area contributed by atoms with Crippen LogP contribution in [0.4, 0.5) is 0 Å². The molecule has 2 heteroatoms. The second-order valence-corrected chi connectivity index (χ2v) is 4.93. The van der Waals surface area contributed by atoms with E-state index in [4.69, 9.17) is 4.74 Å². The second kappa shape index (κ2) is 4.53. The maximum absolute atomic E-state index is 5.69. The van der Waals surface area contributed by atoms with Crippen LogP contribution in [-0.4, -0.2) is 19.7 Å². The smallest absolute Gasteiger partial charge is 0.109 e. The molecule has 1 heterocycles. The molecule has 2 nitrogen and oxygen atoms in total. The number of benzene rings is 1. The lowest BCUT2D eigenvalue weighted by atomic mass is 10.0. The largest absolute Gasteiger partial charge is 0.496 e. The molecule has 1 aliphatic carbocycles. The van der Waals surface area contributed by atoms with E-state index >= 15 is 0 Å². The predicted molar refractivity (Wildman–Crippen MR) is 68.8 cm³/mol. The second-order valence-electron chi connectivity index (χ2n) is 4.93. The van der Waals surface area contributed by atoms with Gasteiger partial charge in [-0.3, -0.25) is 0 Å². The van der Waals surface area contributed by atoms with Crippen LogP contribution in [-0.2, 0) is 4.74 Å². The van der Waals surface area contributed by atoms with Crippen LogP contribution in [0.2, 0.25) is 0 Å². The highest BCUT2D eigenvalue weighted by Crippen LogP contribution is 2.51. The fourth-order valence-corrected chi connectivity index (χ4v) is 2.89. The Balaban J connectivity index is 1.70. The zero-order valence-electron chi connectivity index (χ0n) is 10.2. The summed E-state index contributed by atoms with van der Waals surface area (Å²) in [7, 11) is 2.04. The fraction of sp³-hybridized carbons (Fsp3) is 0.467. The first-order valence-electron chi connectivity index (χ1n) is 6.45. The van der Waals surface area contributed by atoms with E-state index in [2.05, 4.69) is 41.7 Å². The molecule has 0 radical (unpaired) electrons. The molecular weight excluding hydrogens is 210 g/mol. The van der Waals surface area contributed by atoms with E-state index in [1.165, 1.54) is 12.0 Å². The van der Waals surface area contributed by atoms with Gasteiger partial charge in [0.15, 0.2) is 0 Å². The first-order chi connectivity index (χ1) is 8.40. The summed E-state index contributed by atoms with van der Waals surface area (Å²) in [5.74, 6) is 2.57. The van der Waals surface area contributed by atoms with Gasteiger partial charge in [-0.1, -0.05) is 30.3 Å². The minimum atomic E-state index is 0.405. The van der Waals surface area contributed by atoms with Gasteiger partial charge in [0.25, 0.3) is 0 Å². The Morgan fingerprint density at radius 2 is 2.12 bits per heavy atom. The van der Waals surface area contributed by atoms with Crippen molar-refractivity contribution in [1.29, 1.82) is 0 Å². The first-order valence-corrected chi connectivity index (χ1v) is 6.45. The molecule has 1 aromatic rings. The highest BCUT2D eigenvalue weighted by Gasteiger charge is 2.45. The van der Waals surface area contributed by atoms with Crippen LogP contribution in [0, 0.1) is 5.92 Å². The lowest BCUT2D eigenvalue weighted by molar-refractivity contribution is 0.210. The van der Waals surface area contributed by atoms with E-state index in [1.54, 1.807) is 0 Å². The molecule has 1 aliphatic heterocycles. The van der Waals surface area contributed by atoms with Crippen molar-refractivity contribution in [1.82, 2.24) is 5.32 Å². The van der Waals surface area contributed by atoms with Crippen molar-refractivity contribution in [2.45, 2.75) is 24.8 Å². The number of hydrogen-bond donors (Lipinski definition) is 1. The van der Waals surface area contributed by atoms with E-state index in [0.29, 0.717) is 17.9 Å². The molecule has 1 fully saturated rings. The van der Waals surface area contributed by atoms with Gasteiger partial charge in [0, 0.05) is 6.42 Å². The van der Waals surface area contributed by atoms with Gasteiger partial charge < -0.3 is 10.1 Å². The third-order valence-electron chi connectivity index (χ3n) is 3.85. The summed E-state index contributed by atoms with van der Waals surface area (Å²) in [6.45, 7) is 0.857. The Hall–Kier alpha value is -1.28. The van der Waals surface area contributed by atoms with E-state index in [9.17, 15) is 0 Å². The summed E-state index contributed by atoms with van der Waals surface area (Å²) in [4.78, 5) is 0. The van der Waals surface area contributed by atoms with Gasteiger partial charge in [-0.25, -0.2) is 0 Å². The van der Waals surface area contributed by atoms with Gasteiger partial charge in [0.2, 0.25) is 0 Å². The van der Waals surface area contributed by atoms with E-state index in [1.807, 2.05) is 7.05 Å². The molecule has 3 rings (SSSR count). The molecule has 0 amide bonds. The highest BCUT2D eigenvalue weighted by atomic mass is 16.5. The Morgan fingerprint density at radius 3 is 2.76 bits per heavy atom. The standard InChI is InChI=1S/C15H19NO/c1-16-15(14-8-5-9-17-14)13-10-12(13)11-6-3-2-4-7-11/h2-4,6-8,12-13,15-16H,5,9-10H2,1H3. The number of hydrogen-bond acceptors (Lipinski definition) is 2. The fourth-order valence-electron chi connectivity index (χ4n) is 2.89. The van der Waals surface area contributed by atoms with Crippen molar-refractivity contribution < 1.29 is 4.74 Å². The molecule has 17 heavy (non-hydrogen) atoms. The van der Waals surface area contributed by atoms with Crippen molar-refractivity contribution >= 4 is 0 Å². The SMILES string of the molecule is CNC(C1=CCCO1)C1CC1c1ccccc1. The maximum Gasteiger partial charge on any atom is 0.109 e. The molecule has 1 aromatic carbocycles. The van der Waals surface area contributed by atoms with Gasteiger partial charge in [-0.15, -0.1) is 0 Å². The molecule has 0 saturated heterocycles. The Labute approximate surface area is 103 Å². The van der Waals surface area contributed by atoms with Crippen molar-refractivity contribution in [3.05, 3.63) is 47.7 Å². The Bertz CT molecular complexity index is 412. The summed E-state index contributed by atoms with van der Waals surface area (Å²) in [5.41, 5.74) is 1.47. The van der Waals surface area contributed by atoms with Crippen LogP contribution in [0.3, 0.4) is 0 Å². The molecule has 2 aliphatic rings. The molecule has 1 saturated carbocycles. The van der Waals surface area contributed by atoms with Gasteiger partial charge in [0.1, 0.15) is 5.76 Å². The molecule has 0 bridgehead atoms. The zero-order valence-corrected chi connectivity index (χ0v) is 10.2. The Kier molecular flexibility index (Phi) is 2.89. The zero-order chi connectivity index (χ0) is 11.7. The van der Waals surface area contributed by atoms with Gasteiger partial charge in [-0.2, -0.15) is 0 Å². The summed E-state index contributed by atoms with van der Waals surface area (Å²) in [6, 6.07) is 11.2. The van der Waals surface area contributed by atoms with Crippen molar-refractivity contribution in [2.75, 3.05) is 13.7 Å². The normalized spacial score (nSPS) is 28.4. The summed E-state index contributed by atoms with van der Waals surface area (Å²) < 4.78 is 5.69. The van der Waals surface area contributed by atoms with Crippen LogP contribution in [0.25, 0.3) is 0 Å². The number of ether oxygens (including phenoxy) is 1. The minimum absolute atomic E-state index is 0.405. The first kappa shape index (κ1) is 10.8. The van der Waals surface area contributed by atoms with Crippen LogP contribution >= 0.6 is 0 Å². The van der Waals surface area contributed by atoms with Crippen molar-refractivity contribution in [3.8, 4) is 0 Å². The quantitative estimate of drug-likeness (QED) is 0.857. The monoisotopic (exact) mass is 229 g/mol. The van der Waals surface area contributed by atoms with E-state index < -0.39 is 0 Å². The molecule has 0 spiro atoms. The third-order valence-corrected chi connectivity index (χ3v) is 3.85. The third kappa shape index (κ3) is 2.09. The maximum atomic E-state index is 5.69. The van der Waals surface area contributed by atoms with Crippen LogP contribution in [0.1, 0.15) is 24.3 Å². The number of likely N-dealkylation sites (N-methyl/N-ethyl adjacent to an activating group) is 1. The lowest BCUT2D eigenvalue weighted by Gasteiger charge is -2.17. The molecule has 1 N–H and O–H groups in total. The predicted octanol–water partition coefficient (Wildman–Crippen LogP) is 2.68. The molecule has 90 valence electrons. The molecule has 0 aromatic heterocycles. The molecule has 3 unspecified atom stereocenters. The average molecular weight is 229 g/mol. The minimum Gasteiger partial charge on any atom is -0.496 e. The highest BCUT2D eigenvalue weighted by molar-refractivity contribution is 5.29. The number of rotatable bonds is 4. The van der Waals surface area contributed by atoms with E-state index in [0.717, 1.165) is 18.8 Å². The van der Waals surface area contributed by atoms with Crippen LogP contribution in [0.15, 0.2) is 42.2 Å². The van der Waals surface area contributed by atoms with Gasteiger partial charge in [0.05, 0.1) is 12.6 Å². The topological polar surface area (TPSA) is 21.3 Å².